The molecule has 1 rings (SSSR count). The van der Waals surface area contributed by atoms with Crippen LogP contribution in [0.2, 0.25) is 0 Å². The summed E-state index contributed by atoms with van der Waals surface area (Å²) < 4.78 is 14.7. The SMILES string of the molecule is C#CCCOC(=O)C(=O)OCC1(CCC)COC1. The molecule has 0 radical (unpaired) electrons. The predicted molar refractivity (Wildman–Crippen MR) is 63.5 cm³/mol. The first-order chi connectivity index (χ1) is 8.63. The second-order valence-corrected chi connectivity index (χ2v) is 4.41. The van der Waals surface area contributed by atoms with Crippen LogP contribution in [0.25, 0.3) is 0 Å². The molecule has 1 aliphatic rings. The van der Waals surface area contributed by atoms with E-state index >= 15 is 0 Å². The van der Waals surface area contributed by atoms with Gasteiger partial charge in [0.1, 0.15) is 13.2 Å². The number of esters is 2. The summed E-state index contributed by atoms with van der Waals surface area (Å²) in [6.45, 7) is 3.42. The molecule has 1 aliphatic heterocycles. The molecule has 0 aromatic carbocycles. The highest BCUT2D eigenvalue weighted by Gasteiger charge is 2.39. The van der Waals surface area contributed by atoms with Crippen molar-refractivity contribution in [2.45, 2.75) is 26.2 Å². The molecule has 5 nitrogen and oxygen atoms in total. The molecule has 1 fully saturated rings. The van der Waals surface area contributed by atoms with Gasteiger partial charge in [-0.3, -0.25) is 0 Å². The van der Waals surface area contributed by atoms with Crippen LogP contribution in [0.4, 0.5) is 0 Å². The second-order valence-electron chi connectivity index (χ2n) is 4.41. The Morgan fingerprint density at radius 1 is 1.33 bits per heavy atom. The van der Waals surface area contributed by atoms with Crippen LogP contribution in [0.5, 0.6) is 0 Å². The van der Waals surface area contributed by atoms with E-state index in [0.29, 0.717) is 13.2 Å². The van der Waals surface area contributed by atoms with Crippen LogP contribution in [0.15, 0.2) is 0 Å². The molecule has 100 valence electrons. The van der Waals surface area contributed by atoms with Gasteiger partial charge in [-0.05, 0) is 6.42 Å². The van der Waals surface area contributed by atoms with Crippen molar-refractivity contribution in [2.75, 3.05) is 26.4 Å². The monoisotopic (exact) mass is 254 g/mol. The summed E-state index contributed by atoms with van der Waals surface area (Å²) in [5.41, 5.74) is -0.122. The van der Waals surface area contributed by atoms with E-state index in [9.17, 15) is 9.59 Å². The van der Waals surface area contributed by atoms with Crippen molar-refractivity contribution in [3.8, 4) is 12.3 Å². The number of carbonyl (C=O) groups excluding carboxylic acids is 2. The topological polar surface area (TPSA) is 61.8 Å². The third-order valence-corrected chi connectivity index (χ3v) is 2.75. The second kappa shape index (κ2) is 7.02. The molecular formula is C13H18O5. The van der Waals surface area contributed by atoms with Gasteiger partial charge in [0.05, 0.1) is 18.6 Å². The lowest BCUT2D eigenvalue weighted by molar-refractivity contribution is -0.182. The van der Waals surface area contributed by atoms with Crippen molar-refractivity contribution in [3.05, 3.63) is 0 Å². The summed E-state index contributed by atoms with van der Waals surface area (Å²) in [5.74, 6) is 0.355. The predicted octanol–water partition coefficient (Wildman–Crippen LogP) is 0.913. The maximum absolute atomic E-state index is 11.3. The highest BCUT2D eigenvalue weighted by Crippen LogP contribution is 2.32. The van der Waals surface area contributed by atoms with Gasteiger partial charge in [-0.1, -0.05) is 13.3 Å². The van der Waals surface area contributed by atoms with E-state index in [2.05, 4.69) is 17.6 Å². The number of hydrogen-bond donors (Lipinski definition) is 0. The van der Waals surface area contributed by atoms with Gasteiger partial charge in [0.25, 0.3) is 0 Å². The van der Waals surface area contributed by atoms with Crippen LogP contribution in [-0.4, -0.2) is 38.4 Å². The molecule has 0 spiro atoms. The molecule has 1 heterocycles. The van der Waals surface area contributed by atoms with E-state index in [1.807, 2.05) is 0 Å². The molecule has 0 N–H and O–H groups in total. The highest BCUT2D eigenvalue weighted by molar-refractivity contribution is 6.29. The van der Waals surface area contributed by atoms with E-state index in [0.717, 1.165) is 12.8 Å². The summed E-state index contributed by atoms with van der Waals surface area (Å²) in [5, 5.41) is 0. The molecule has 0 saturated carbocycles. The lowest BCUT2D eigenvalue weighted by Crippen LogP contribution is -2.47. The largest absolute Gasteiger partial charge is 0.456 e. The van der Waals surface area contributed by atoms with Crippen LogP contribution in [-0.2, 0) is 23.8 Å². The molecule has 0 aromatic heterocycles. The molecule has 1 saturated heterocycles. The molecular weight excluding hydrogens is 236 g/mol. The fraction of sp³-hybridized carbons (Fsp3) is 0.692. The summed E-state index contributed by atoms with van der Waals surface area (Å²) in [6, 6.07) is 0. The van der Waals surface area contributed by atoms with Gasteiger partial charge in [0.2, 0.25) is 0 Å². The van der Waals surface area contributed by atoms with Crippen LogP contribution in [0.3, 0.4) is 0 Å². The zero-order chi connectivity index (χ0) is 13.4. The van der Waals surface area contributed by atoms with Crippen molar-refractivity contribution in [1.82, 2.24) is 0 Å². The third kappa shape index (κ3) is 4.04. The molecule has 0 aliphatic carbocycles. The highest BCUT2D eigenvalue weighted by atomic mass is 16.6. The average Bonchev–Trinajstić information content (AvgIpc) is 2.32. The molecule has 0 atom stereocenters. The molecule has 0 bridgehead atoms. The number of carbonyl (C=O) groups is 2. The minimum Gasteiger partial charge on any atom is -0.456 e. The standard InChI is InChI=1S/C13H18O5/c1-3-5-7-17-11(14)12(15)18-10-13(6-4-2)8-16-9-13/h1H,4-10H2,2H3. The normalized spacial score (nSPS) is 16.2. The van der Waals surface area contributed by atoms with E-state index in [-0.39, 0.29) is 25.0 Å². The Balaban J connectivity index is 2.27. The smallest absolute Gasteiger partial charge is 0.417 e. The van der Waals surface area contributed by atoms with Crippen molar-refractivity contribution in [1.29, 1.82) is 0 Å². The molecule has 0 unspecified atom stereocenters. The van der Waals surface area contributed by atoms with Gasteiger partial charge in [0, 0.05) is 6.42 Å². The Labute approximate surface area is 107 Å². The fourth-order valence-electron chi connectivity index (χ4n) is 1.76. The minimum atomic E-state index is -0.989. The molecule has 18 heavy (non-hydrogen) atoms. The van der Waals surface area contributed by atoms with Crippen molar-refractivity contribution in [2.24, 2.45) is 5.41 Å². The van der Waals surface area contributed by atoms with Crippen molar-refractivity contribution >= 4 is 11.9 Å². The first kappa shape index (κ1) is 14.5. The maximum atomic E-state index is 11.3. The maximum Gasteiger partial charge on any atom is 0.417 e. The number of rotatable bonds is 6. The Kier molecular flexibility index (Phi) is 5.66. The van der Waals surface area contributed by atoms with E-state index < -0.39 is 11.9 Å². The number of ether oxygens (including phenoxy) is 3. The van der Waals surface area contributed by atoms with E-state index in [1.54, 1.807) is 0 Å². The first-order valence-electron chi connectivity index (χ1n) is 5.98. The molecule has 5 heteroatoms. The molecule has 0 amide bonds. The quantitative estimate of drug-likeness (QED) is 0.305. The van der Waals surface area contributed by atoms with Crippen molar-refractivity contribution in [3.63, 3.8) is 0 Å². The Morgan fingerprint density at radius 3 is 2.50 bits per heavy atom. The van der Waals surface area contributed by atoms with Crippen LogP contribution >= 0.6 is 0 Å². The average molecular weight is 254 g/mol. The molecule has 0 aromatic rings. The van der Waals surface area contributed by atoms with Crippen molar-refractivity contribution < 1.29 is 23.8 Å². The van der Waals surface area contributed by atoms with Gasteiger partial charge in [-0.2, -0.15) is 0 Å². The zero-order valence-electron chi connectivity index (χ0n) is 10.6. The third-order valence-electron chi connectivity index (χ3n) is 2.75. The van der Waals surface area contributed by atoms with Gasteiger partial charge in [-0.15, -0.1) is 12.3 Å². The Hall–Kier alpha value is -1.54. The summed E-state index contributed by atoms with van der Waals surface area (Å²) >= 11 is 0. The van der Waals surface area contributed by atoms with Gasteiger partial charge in [-0.25, -0.2) is 9.59 Å². The minimum absolute atomic E-state index is 0.0354. The van der Waals surface area contributed by atoms with Crippen LogP contribution in [0.1, 0.15) is 26.2 Å². The lowest BCUT2D eigenvalue weighted by Gasteiger charge is -2.40. The summed E-state index contributed by atoms with van der Waals surface area (Å²) in [6.07, 6.45) is 7.17. The van der Waals surface area contributed by atoms with E-state index in [4.69, 9.17) is 15.9 Å². The Morgan fingerprint density at radius 2 is 2.00 bits per heavy atom. The summed E-state index contributed by atoms with van der Waals surface area (Å²) in [4.78, 5) is 22.5. The van der Waals surface area contributed by atoms with Crippen LogP contribution < -0.4 is 0 Å². The van der Waals surface area contributed by atoms with Gasteiger partial charge in [0.15, 0.2) is 0 Å². The van der Waals surface area contributed by atoms with E-state index in [1.165, 1.54) is 0 Å². The first-order valence-corrected chi connectivity index (χ1v) is 5.98. The zero-order valence-corrected chi connectivity index (χ0v) is 10.6. The van der Waals surface area contributed by atoms with Gasteiger partial charge >= 0.3 is 11.9 Å². The fourth-order valence-corrected chi connectivity index (χ4v) is 1.76. The lowest BCUT2D eigenvalue weighted by atomic mass is 9.82. The van der Waals surface area contributed by atoms with Gasteiger partial charge < -0.3 is 14.2 Å². The Bertz CT molecular complexity index is 338. The number of terminal acetylenes is 1. The van der Waals surface area contributed by atoms with Crippen LogP contribution in [0, 0.1) is 17.8 Å². The summed E-state index contributed by atoms with van der Waals surface area (Å²) in [7, 11) is 0. The number of hydrogen-bond acceptors (Lipinski definition) is 5.